The molecule has 1 fully saturated rings. The molecule has 1 saturated heterocycles. The fourth-order valence-electron chi connectivity index (χ4n) is 9.16. The number of carbonyl (C=O) groups is 10. The van der Waals surface area contributed by atoms with Gasteiger partial charge in [0.25, 0.3) is 0 Å². The topological polar surface area (TPSA) is 351 Å². The average Bonchev–Trinajstić information content (AvgIpc) is 2.02. The molecule has 0 saturated carbocycles. The Kier molecular flexibility index (Phi) is 26.2. The van der Waals surface area contributed by atoms with Gasteiger partial charge in [-0.05, 0) is 104 Å². The zero-order valence-electron chi connectivity index (χ0n) is 49.8. The number of carbonyl (C=O) groups excluding carboxylic acids is 9. The van der Waals surface area contributed by atoms with E-state index in [0.29, 0.717) is 27.6 Å². The van der Waals surface area contributed by atoms with Crippen LogP contribution >= 0.6 is 11.6 Å². The standard InChI is InChI=1S/C61H81ClN8O16/c1-34(2)28-47-57(78)84-45(13-9-14-48(71)68-44(30-39-21-26-46(82-8)42(62)29-39)54(75)66-33-61(6,7)58(79)85-47)36(5)52-53(86-52)40-22-17-37(18-23-40)31-65-60(81)83-32-38-19-24-41(25-20-38)67-55(76)43(12-11-27-64-59(63)80)69-56(77)51(35(3)4)70-49(72)15-10-16-50(73)74/h9,14,17-26,29,34-36,43-45,47,51-53H,10-13,15-16,27-28,30-33H2,1-8H3,(H,65,81)(H,66,75)(H,67,76)(H,68,71)(H,69,77)(H,70,72)(H,73,74)(H3,63,64,80)/b14-9+/t36-,43-,44+,45-,47-,51?,52-,53-/m0/s1. The SMILES string of the molecule is COc1ccc(C[C@H]2NC(=O)/C=C/C[C@@H]([C@H](C)[C@@H]3O[C@H]3c3ccc(CNC(=O)OCc4ccc(NC(=O)[C@H](CCCNC(N)=O)NC(=O)C(NC(=O)CCCC(=O)O)C(C)C)cc4)cc3)OC(=O)[C@H](CC(C)C)OC(=O)C(C)(C)CNC2=O)cc1Cl. The summed E-state index contributed by atoms with van der Waals surface area (Å²) < 4.78 is 28.9. The smallest absolute Gasteiger partial charge is 0.407 e. The van der Waals surface area contributed by atoms with E-state index in [1.54, 1.807) is 76.2 Å². The quantitative estimate of drug-likeness (QED) is 0.0198. The van der Waals surface area contributed by atoms with Crippen LogP contribution in [0.3, 0.4) is 0 Å². The van der Waals surface area contributed by atoms with Crippen molar-refractivity contribution in [2.45, 2.75) is 156 Å². The van der Waals surface area contributed by atoms with Crippen molar-refractivity contribution in [1.82, 2.24) is 31.9 Å². The van der Waals surface area contributed by atoms with Crippen molar-refractivity contribution in [3.63, 3.8) is 0 Å². The van der Waals surface area contributed by atoms with E-state index in [1.165, 1.54) is 13.2 Å². The molecule has 86 heavy (non-hydrogen) atoms. The van der Waals surface area contributed by atoms with Gasteiger partial charge in [-0.25, -0.2) is 14.4 Å². The second kappa shape index (κ2) is 32.9. The molecule has 0 bridgehead atoms. The number of alkyl carbamates (subject to hydrolysis) is 1. The van der Waals surface area contributed by atoms with E-state index < -0.39 is 107 Å². The van der Waals surface area contributed by atoms with Crippen LogP contribution in [0.1, 0.15) is 122 Å². The number of nitrogens with two attached hydrogens (primary N) is 1. The largest absolute Gasteiger partial charge is 0.495 e. The first kappa shape index (κ1) is 68.5. The number of nitrogens with one attached hydrogen (secondary N) is 7. The van der Waals surface area contributed by atoms with Gasteiger partial charge in [0.15, 0.2) is 6.10 Å². The van der Waals surface area contributed by atoms with Crippen LogP contribution in [0.5, 0.6) is 5.75 Å². The minimum absolute atomic E-state index is 0.0651. The van der Waals surface area contributed by atoms with Crippen LogP contribution in [0.15, 0.2) is 78.9 Å². The number of cyclic esters (lactones) is 2. The predicted octanol–water partition coefficient (Wildman–Crippen LogP) is 5.82. The van der Waals surface area contributed by atoms with Crippen molar-refractivity contribution in [2.24, 2.45) is 28.9 Å². The second-order valence-electron chi connectivity index (χ2n) is 22.7. The van der Waals surface area contributed by atoms with Gasteiger partial charge in [0.05, 0.1) is 23.7 Å². The third kappa shape index (κ3) is 22.3. The Balaban J connectivity index is 1.16. The van der Waals surface area contributed by atoms with Crippen LogP contribution in [0.25, 0.3) is 0 Å². The molecule has 0 aromatic heterocycles. The Morgan fingerprint density at radius 2 is 1.53 bits per heavy atom. The molecular formula is C61H81ClN8O16. The lowest BCUT2D eigenvalue weighted by atomic mass is 9.92. The lowest BCUT2D eigenvalue weighted by Crippen LogP contribution is -2.54. The van der Waals surface area contributed by atoms with Gasteiger partial charge in [-0.2, -0.15) is 0 Å². The number of benzene rings is 3. The van der Waals surface area contributed by atoms with Crippen LogP contribution in [-0.4, -0.2) is 121 Å². The van der Waals surface area contributed by atoms with Crippen molar-refractivity contribution in [3.8, 4) is 5.75 Å². The van der Waals surface area contributed by atoms with Crippen molar-refractivity contribution < 1.29 is 76.7 Å². The molecule has 2 aliphatic heterocycles. The van der Waals surface area contributed by atoms with Crippen molar-refractivity contribution in [2.75, 3.05) is 25.5 Å². The van der Waals surface area contributed by atoms with E-state index in [1.807, 2.05) is 45.0 Å². The number of aliphatic carboxylic acids is 1. The lowest BCUT2D eigenvalue weighted by Gasteiger charge is -2.29. The monoisotopic (exact) mass is 1220 g/mol. The number of methoxy groups -OCH3 is 1. The number of anilines is 1. The van der Waals surface area contributed by atoms with Gasteiger partial charge in [0.2, 0.25) is 29.5 Å². The third-order valence-electron chi connectivity index (χ3n) is 14.3. The molecule has 24 nitrogen and oxygen atoms in total. The first-order chi connectivity index (χ1) is 40.7. The van der Waals surface area contributed by atoms with Crippen molar-refractivity contribution in [3.05, 3.63) is 106 Å². The van der Waals surface area contributed by atoms with Crippen LogP contribution in [0.4, 0.5) is 15.3 Å². The fraction of sp³-hybridized carbons (Fsp3) is 0.508. The summed E-state index contributed by atoms with van der Waals surface area (Å²) in [6, 6.07) is 14.9. The molecule has 0 spiro atoms. The zero-order chi connectivity index (χ0) is 63.3. The molecule has 2 heterocycles. The molecule has 0 aliphatic carbocycles. The highest BCUT2D eigenvalue weighted by molar-refractivity contribution is 6.32. The van der Waals surface area contributed by atoms with Crippen LogP contribution in [0.2, 0.25) is 5.02 Å². The number of epoxide rings is 1. The summed E-state index contributed by atoms with van der Waals surface area (Å²) in [5.74, 6) is -5.82. The summed E-state index contributed by atoms with van der Waals surface area (Å²) in [5.41, 5.74) is 7.08. The van der Waals surface area contributed by atoms with Gasteiger partial charge in [0, 0.05) is 56.9 Å². The number of ether oxygens (including phenoxy) is 5. The number of esters is 2. The molecule has 8 atom stereocenters. The van der Waals surface area contributed by atoms with Crippen molar-refractivity contribution >= 4 is 76.9 Å². The maximum Gasteiger partial charge on any atom is 0.407 e. The van der Waals surface area contributed by atoms with Gasteiger partial charge < -0.3 is 71.7 Å². The van der Waals surface area contributed by atoms with E-state index in [9.17, 15) is 47.9 Å². The van der Waals surface area contributed by atoms with E-state index in [-0.39, 0.29) is 95.5 Å². The van der Waals surface area contributed by atoms with E-state index in [2.05, 4.69) is 37.2 Å². The normalized spacial score (nSPS) is 20.3. The Labute approximate surface area is 505 Å². The first-order valence-electron chi connectivity index (χ1n) is 28.6. The van der Waals surface area contributed by atoms with Crippen LogP contribution in [0, 0.1) is 23.2 Å². The number of amides is 8. The van der Waals surface area contributed by atoms with E-state index >= 15 is 0 Å². The molecule has 3 aromatic carbocycles. The number of carboxylic acid groups (broad SMARTS) is 1. The van der Waals surface area contributed by atoms with Gasteiger partial charge in [-0.15, -0.1) is 0 Å². The van der Waals surface area contributed by atoms with E-state index in [4.69, 9.17) is 46.1 Å². The summed E-state index contributed by atoms with van der Waals surface area (Å²) in [5, 5.41) is 28.0. The highest BCUT2D eigenvalue weighted by Crippen LogP contribution is 2.45. The number of primary amides is 1. The molecule has 2 aliphatic rings. The minimum atomic E-state index is -1.29. The summed E-state index contributed by atoms with van der Waals surface area (Å²) in [6.45, 7) is 12.2. The van der Waals surface area contributed by atoms with Crippen LogP contribution in [-0.2, 0) is 76.9 Å². The highest BCUT2D eigenvalue weighted by Gasteiger charge is 2.48. The molecule has 10 N–H and O–H groups in total. The molecule has 468 valence electrons. The number of hydrogen-bond donors (Lipinski definition) is 9. The maximum atomic E-state index is 14.0. The summed E-state index contributed by atoms with van der Waals surface area (Å²) >= 11 is 6.38. The average molecular weight is 1220 g/mol. The van der Waals surface area contributed by atoms with E-state index in [0.717, 1.165) is 11.1 Å². The molecule has 5 rings (SSSR count). The Bertz CT molecular complexity index is 2900. The number of rotatable bonds is 26. The van der Waals surface area contributed by atoms with Gasteiger partial charge in [0.1, 0.15) is 42.7 Å². The number of hydrogen-bond acceptors (Lipinski definition) is 15. The predicted molar refractivity (Wildman–Crippen MR) is 316 cm³/mol. The highest BCUT2D eigenvalue weighted by atomic mass is 35.5. The number of halogens is 1. The minimum Gasteiger partial charge on any atom is -0.495 e. The molecule has 1 unspecified atom stereocenters. The Morgan fingerprint density at radius 1 is 0.849 bits per heavy atom. The van der Waals surface area contributed by atoms with Crippen LogP contribution < -0.4 is 47.7 Å². The third-order valence-corrected chi connectivity index (χ3v) is 14.6. The summed E-state index contributed by atoms with van der Waals surface area (Å²) in [6.07, 6.45) is -0.314. The first-order valence-corrected chi connectivity index (χ1v) is 29.0. The van der Waals surface area contributed by atoms with Crippen molar-refractivity contribution in [1.29, 1.82) is 0 Å². The Hall–Kier alpha value is -8.25. The zero-order valence-corrected chi connectivity index (χ0v) is 50.5. The number of carboxylic acids is 1. The maximum absolute atomic E-state index is 14.0. The Morgan fingerprint density at radius 3 is 2.17 bits per heavy atom. The molecular weight excluding hydrogens is 1140 g/mol. The fourth-order valence-corrected chi connectivity index (χ4v) is 9.44. The second-order valence-corrected chi connectivity index (χ2v) is 23.1. The number of urea groups is 1. The van der Waals surface area contributed by atoms with Gasteiger partial charge in [-0.3, -0.25) is 33.6 Å². The molecule has 0 radical (unpaired) electrons. The molecule has 8 amide bonds. The summed E-state index contributed by atoms with van der Waals surface area (Å²) in [7, 11) is 1.48. The summed E-state index contributed by atoms with van der Waals surface area (Å²) in [4.78, 5) is 129. The lowest BCUT2D eigenvalue weighted by molar-refractivity contribution is -0.179. The van der Waals surface area contributed by atoms with Gasteiger partial charge in [-0.1, -0.05) is 94.8 Å². The molecule has 3 aromatic rings. The van der Waals surface area contributed by atoms with Gasteiger partial charge >= 0.3 is 30.0 Å². The molecule has 25 heteroatoms.